The molecule has 4 nitrogen and oxygen atoms in total. The van der Waals surface area contributed by atoms with Crippen molar-refractivity contribution in [2.75, 3.05) is 0 Å². The molecule has 5 heteroatoms. The molecule has 0 spiro atoms. The number of aryl methyl sites for hydroxylation is 2. The summed E-state index contributed by atoms with van der Waals surface area (Å²) in [7, 11) is 0. The van der Waals surface area contributed by atoms with E-state index < -0.39 is 5.63 Å². The van der Waals surface area contributed by atoms with Gasteiger partial charge in [-0.05, 0) is 37.6 Å². The van der Waals surface area contributed by atoms with E-state index in [1.807, 2.05) is 5.38 Å². The quantitative estimate of drug-likeness (QED) is 0.523. The molecule has 2 heterocycles. The van der Waals surface area contributed by atoms with Crippen LogP contribution >= 0.6 is 11.3 Å². The van der Waals surface area contributed by atoms with Crippen LogP contribution in [0.1, 0.15) is 11.1 Å². The summed E-state index contributed by atoms with van der Waals surface area (Å²) in [5.41, 5.74) is 4.35. The summed E-state index contributed by atoms with van der Waals surface area (Å²) in [5, 5.41) is 13.0. The Morgan fingerprint density at radius 3 is 2.68 bits per heavy atom. The van der Waals surface area contributed by atoms with Crippen molar-refractivity contribution in [2.45, 2.75) is 13.8 Å². The zero-order chi connectivity index (χ0) is 17.6. The van der Waals surface area contributed by atoms with Crippen molar-refractivity contribution in [1.82, 2.24) is 4.98 Å². The topological polar surface area (TPSA) is 63.3 Å². The van der Waals surface area contributed by atoms with Crippen molar-refractivity contribution in [2.24, 2.45) is 0 Å². The van der Waals surface area contributed by atoms with Crippen LogP contribution in [0.5, 0.6) is 5.75 Å². The smallest absolute Gasteiger partial charge is 0.345 e. The number of fused-ring (bicyclic) bond motifs is 1. The average Bonchev–Trinajstić information content (AvgIpc) is 3.03. The second-order valence-corrected chi connectivity index (χ2v) is 6.88. The van der Waals surface area contributed by atoms with Gasteiger partial charge in [0.2, 0.25) is 0 Å². The number of phenolic OH excluding ortho intramolecular Hbond substituents is 1. The third kappa shape index (κ3) is 2.83. The van der Waals surface area contributed by atoms with Crippen molar-refractivity contribution < 1.29 is 9.52 Å². The number of thiazole rings is 1. The first-order valence-electron chi connectivity index (χ1n) is 7.82. The largest absolute Gasteiger partial charge is 0.508 e. The molecule has 0 unspecified atom stereocenters. The molecule has 0 aliphatic heterocycles. The van der Waals surface area contributed by atoms with E-state index in [-0.39, 0.29) is 5.75 Å². The highest BCUT2D eigenvalue weighted by molar-refractivity contribution is 7.13. The molecular weight excluding hydrogens is 334 g/mol. The second-order valence-electron chi connectivity index (χ2n) is 6.03. The minimum atomic E-state index is -0.462. The van der Waals surface area contributed by atoms with Gasteiger partial charge >= 0.3 is 5.63 Å². The monoisotopic (exact) mass is 349 g/mol. The summed E-state index contributed by atoms with van der Waals surface area (Å²) < 4.78 is 5.33. The molecule has 0 aliphatic rings. The highest BCUT2D eigenvalue weighted by Crippen LogP contribution is 2.31. The molecule has 25 heavy (non-hydrogen) atoms. The molecule has 1 N–H and O–H groups in total. The summed E-state index contributed by atoms with van der Waals surface area (Å²) in [6, 6.07) is 12.7. The van der Waals surface area contributed by atoms with Gasteiger partial charge in [0.05, 0.1) is 11.3 Å². The Balaban J connectivity index is 1.82. The molecule has 4 aromatic rings. The highest BCUT2D eigenvalue weighted by Gasteiger charge is 2.14. The fourth-order valence-corrected chi connectivity index (χ4v) is 3.76. The molecule has 0 saturated carbocycles. The van der Waals surface area contributed by atoms with Gasteiger partial charge in [-0.25, -0.2) is 9.78 Å². The summed E-state index contributed by atoms with van der Waals surface area (Å²) in [4.78, 5) is 17.0. The molecule has 0 aliphatic carbocycles. The molecule has 2 aromatic heterocycles. The van der Waals surface area contributed by atoms with Gasteiger partial charge in [-0.2, -0.15) is 0 Å². The van der Waals surface area contributed by atoms with E-state index in [0.717, 1.165) is 21.5 Å². The van der Waals surface area contributed by atoms with Gasteiger partial charge in [-0.3, -0.25) is 0 Å². The summed E-state index contributed by atoms with van der Waals surface area (Å²) >= 11 is 1.50. The maximum absolute atomic E-state index is 12.3. The van der Waals surface area contributed by atoms with Crippen LogP contribution < -0.4 is 5.63 Å². The molecule has 0 bridgehead atoms. The standard InChI is InChI=1S/C20H15NO3S/c1-11-3-6-15(12(2)7-11)19-21-17(10-25-19)16-8-13-4-5-14(22)9-18(13)24-20(16)23/h3-10,22H,1-2H3. The van der Waals surface area contributed by atoms with Crippen LogP contribution in [0.3, 0.4) is 0 Å². The molecule has 0 amide bonds. The van der Waals surface area contributed by atoms with E-state index in [0.29, 0.717) is 16.8 Å². The summed E-state index contributed by atoms with van der Waals surface area (Å²) in [5.74, 6) is 0.0641. The van der Waals surface area contributed by atoms with Crippen LogP contribution in [0.15, 0.2) is 57.1 Å². The number of phenols is 1. The van der Waals surface area contributed by atoms with Gasteiger partial charge in [-0.1, -0.05) is 23.8 Å². The van der Waals surface area contributed by atoms with Crippen LogP contribution in [0.4, 0.5) is 0 Å². The SMILES string of the molecule is Cc1ccc(-c2nc(-c3cc4ccc(O)cc4oc3=O)cs2)c(C)c1. The number of aromatic nitrogens is 1. The number of rotatable bonds is 2. The first-order valence-corrected chi connectivity index (χ1v) is 8.69. The van der Waals surface area contributed by atoms with E-state index in [2.05, 4.69) is 37.0 Å². The number of nitrogens with zero attached hydrogens (tertiary/aromatic N) is 1. The second kappa shape index (κ2) is 5.86. The number of hydrogen-bond donors (Lipinski definition) is 1. The third-order valence-electron chi connectivity index (χ3n) is 4.11. The molecule has 0 fully saturated rings. The summed E-state index contributed by atoms with van der Waals surface area (Å²) in [6.45, 7) is 4.11. The van der Waals surface area contributed by atoms with E-state index in [1.54, 1.807) is 18.2 Å². The Bertz CT molecular complexity index is 1160. The van der Waals surface area contributed by atoms with E-state index >= 15 is 0 Å². The Labute approximate surface area is 148 Å². The Kier molecular flexibility index (Phi) is 3.66. The number of benzene rings is 2. The van der Waals surface area contributed by atoms with Crippen molar-refractivity contribution in [3.05, 3.63) is 69.4 Å². The Morgan fingerprint density at radius 1 is 1.04 bits per heavy atom. The van der Waals surface area contributed by atoms with Gasteiger partial charge in [0.1, 0.15) is 16.3 Å². The predicted molar refractivity (Wildman–Crippen MR) is 100 cm³/mol. The van der Waals surface area contributed by atoms with Gasteiger partial charge in [0.25, 0.3) is 0 Å². The molecule has 124 valence electrons. The van der Waals surface area contributed by atoms with Crippen molar-refractivity contribution in [1.29, 1.82) is 0 Å². The third-order valence-corrected chi connectivity index (χ3v) is 4.99. The number of hydrogen-bond acceptors (Lipinski definition) is 5. The fraction of sp³-hybridized carbons (Fsp3) is 0.100. The first-order chi connectivity index (χ1) is 12.0. The molecular formula is C20H15NO3S. The first kappa shape index (κ1) is 15.6. The lowest BCUT2D eigenvalue weighted by atomic mass is 10.1. The van der Waals surface area contributed by atoms with Gasteiger partial charge < -0.3 is 9.52 Å². The zero-order valence-electron chi connectivity index (χ0n) is 13.7. The molecule has 0 radical (unpaired) electrons. The minimum absolute atomic E-state index is 0.0641. The minimum Gasteiger partial charge on any atom is -0.508 e. The Hall–Kier alpha value is -2.92. The predicted octanol–water partition coefficient (Wildman–Crippen LogP) is 4.91. The van der Waals surface area contributed by atoms with Crippen LogP contribution in [-0.2, 0) is 0 Å². The van der Waals surface area contributed by atoms with Crippen molar-refractivity contribution in [3.63, 3.8) is 0 Å². The van der Waals surface area contributed by atoms with Crippen LogP contribution in [0, 0.1) is 13.8 Å². The normalized spacial score (nSPS) is 11.1. The van der Waals surface area contributed by atoms with Crippen molar-refractivity contribution >= 4 is 22.3 Å². The lowest BCUT2D eigenvalue weighted by Crippen LogP contribution is -2.02. The molecule has 4 rings (SSSR count). The van der Waals surface area contributed by atoms with Gasteiger partial charge in [0, 0.05) is 22.4 Å². The van der Waals surface area contributed by atoms with Crippen molar-refractivity contribution in [3.8, 4) is 27.6 Å². The van der Waals surface area contributed by atoms with E-state index in [1.165, 1.54) is 23.0 Å². The van der Waals surface area contributed by atoms with Crippen LogP contribution in [0.25, 0.3) is 32.8 Å². The lowest BCUT2D eigenvalue weighted by Gasteiger charge is -2.03. The maximum atomic E-state index is 12.3. The van der Waals surface area contributed by atoms with E-state index in [9.17, 15) is 9.90 Å². The van der Waals surface area contributed by atoms with Crippen LogP contribution in [0.2, 0.25) is 0 Å². The summed E-state index contributed by atoms with van der Waals surface area (Å²) in [6.07, 6.45) is 0. The van der Waals surface area contributed by atoms with Gasteiger partial charge in [0.15, 0.2) is 0 Å². The highest BCUT2D eigenvalue weighted by atomic mass is 32.1. The van der Waals surface area contributed by atoms with Crippen LogP contribution in [-0.4, -0.2) is 10.1 Å². The Morgan fingerprint density at radius 2 is 1.88 bits per heavy atom. The van der Waals surface area contributed by atoms with Gasteiger partial charge in [-0.15, -0.1) is 11.3 Å². The molecule has 0 saturated heterocycles. The maximum Gasteiger partial charge on any atom is 0.345 e. The zero-order valence-corrected chi connectivity index (χ0v) is 14.6. The molecule has 0 atom stereocenters. The fourth-order valence-electron chi connectivity index (χ4n) is 2.85. The van der Waals surface area contributed by atoms with E-state index in [4.69, 9.17) is 4.42 Å². The average molecular weight is 349 g/mol. The lowest BCUT2D eigenvalue weighted by molar-refractivity contribution is 0.473. The number of aromatic hydroxyl groups is 1. The molecule has 2 aromatic carbocycles.